The summed E-state index contributed by atoms with van der Waals surface area (Å²) in [6.45, 7) is 8.86. The highest BCUT2D eigenvalue weighted by atomic mass is 79.9. The van der Waals surface area contributed by atoms with Crippen molar-refractivity contribution in [2.24, 2.45) is 0 Å². The molecule has 1 aliphatic heterocycles. The normalized spacial score (nSPS) is 16.5. The highest BCUT2D eigenvalue weighted by Gasteiger charge is 2.28. The number of carbonyl (C=O) groups is 1. The van der Waals surface area contributed by atoms with Gasteiger partial charge in [-0.2, -0.15) is 0 Å². The first kappa shape index (κ1) is 18.2. The number of aryl methyl sites for hydroxylation is 1. The van der Waals surface area contributed by atoms with Gasteiger partial charge in [-0.3, -0.25) is 0 Å². The summed E-state index contributed by atoms with van der Waals surface area (Å²) < 4.78 is 22.5. The largest absolute Gasteiger partial charge is 0.444 e. The highest BCUT2D eigenvalue weighted by Crippen LogP contribution is 2.34. The van der Waals surface area contributed by atoms with Crippen LogP contribution in [0.25, 0.3) is 10.9 Å². The van der Waals surface area contributed by atoms with Gasteiger partial charge >= 0.3 is 6.09 Å². The van der Waals surface area contributed by atoms with E-state index in [4.69, 9.17) is 4.74 Å². The Balaban J connectivity index is 1.77. The van der Waals surface area contributed by atoms with Crippen molar-refractivity contribution in [3.05, 3.63) is 34.2 Å². The van der Waals surface area contributed by atoms with Crippen molar-refractivity contribution in [1.82, 2.24) is 9.47 Å². The van der Waals surface area contributed by atoms with Gasteiger partial charge in [0.25, 0.3) is 0 Å². The molecule has 1 aliphatic rings. The Morgan fingerprint density at radius 2 is 1.92 bits per heavy atom. The SMILES string of the molecule is Cc1cn(C2CCN(C(=O)OC(C)(C)C)CC2)c2ccc(Br)c(F)c12. The zero-order valence-electron chi connectivity index (χ0n) is 15.1. The first-order valence-corrected chi connectivity index (χ1v) is 9.40. The third-order valence-corrected chi connectivity index (χ3v) is 5.20. The second kappa shape index (κ2) is 6.63. The molecule has 0 N–H and O–H groups in total. The molecule has 3 rings (SSSR count). The van der Waals surface area contributed by atoms with Crippen molar-refractivity contribution < 1.29 is 13.9 Å². The third kappa shape index (κ3) is 3.68. The summed E-state index contributed by atoms with van der Waals surface area (Å²) in [6.07, 6.45) is 3.43. The molecular formula is C19H24BrFN2O2. The summed E-state index contributed by atoms with van der Waals surface area (Å²) in [5, 5.41) is 0.670. The van der Waals surface area contributed by atoms with Crippen LogP contribution >= 0.6 is 15.9 Å². The number of hydrogen-bond donors (Lipinski definition) is 0. The van der Waals surface area contributed by atoms with E-state index < -0.39 is 5.60 Å². The van der Waals surface area contributed by atoms with Gasteiger partial charge in [-0.05, 0) is 74.2 Å². The maximum Gasteiger partial charge on any atom is 0.410 e. The number of fused-ring (bicyclic) bond motifs is 1. The lowest BCUT2D eigenvalue weighted by Crippen LogP contribution is -2.42. The van der Waals surface area contributed by atoms with Crippen LogP contribution in [-0.2, 0) is 4.74 Å². The Labute approximate surface area is 156 Å². The summed E-state index contributed by atoms with van der Waals surface area (Å²) in [6, 6.07) is 3.97. The van der Waals surface area contributed by atoms with E-state index in [9.17, 15) is 9.18 Å². The molecule has 2 heterocycles. The average Bonchev–Trinajstić information content (AvgIpc) is 2.87. The lowest BCUT2D eigenvalue weighted by atomic mass is 10.0. The van der Waals surface area contributed by atoms with Gasteiger partial charge in [0, 0.05) is 30.7 Å². The van der Waals surface area contributed by atoms with Crippen LogP contribution in [0.5, 0.6) is 0 Å². The Morgan fingerprint density at radius 1 is 1.28 bits per heavy atom. The van der Waals surface area contributed by atoms with Crippen molar-refractivity contribution in [1.29, 1.82) is 0 Å². The Kier molecular flexibility index (Phi) is 4.84. The minimum atomic E-state index is -0.480. The van der Waals surface area contributed by atoms with E-state index in [0.29, 0.717) is 22.9 Å². The number of carbonyl (C=O) groups excluding carboxylic acids is 1. The minimum absolute atomic E-state index is 0.208. The van der Waals surface area contributed by atoms with Crippen LogP contribution in [0.2, 0.25) is 0 Å². The number of rotatable bonds is 1. The average molecular weight is 411 g/mol. The number of hydrogen-bond acceptors (Lipinski definition) is 2. The van der Waals surface area contributed by atoms with Crippen LogP contribution in [0.15, 0.2) is 22.8 Å². The summed E-state index contributed by atoms with van der Waals surface area (Å²) >= 11 is 3.26. The van der Waals surface area contributed by atoms with Gasteiger partial charge in [0.2, 0.25) is 0 Å². The fourth-order valence-electron chi connectivity index (χ4n) is 3.43. The molecule has 1 aromatic heterocycles. The number of halogens is 2. The molecule has 25 heavy (non-hydrogen) atoms. The molecule has 6 heteroatoms. The standard InChI is InChI=1S/C19H24BrFN2O2/c1-12-11-23(15-6-5-14(20)17(21)16(12)15)13-7-9-22(10-8-13)18(24)25-19(2,3)4/h5-6,11,13H,7-10H2,1-4H3. The molecule has 1 aromatic carbocycles. The molecule has 136 valence electrons. The second-order valence-corrected chi connectivity index (χ2v) is 8.53. The molecule has 0 bridgehead atoms. The Morgan fingerprint density at radius 3 is 2.52 bits per heavy atom. The number of aromatic nitrogens is 1. The summed E-state index contributed by atoms with van der Waals surface area (Å²) in [5.41, 5.74) is 1.37. The van der Waals surface area contributed by atoms with E-state index in [-0.39, 0.29) is 18.0 Å². The first-order valence-electron chi connectivity index (χ1n) is 8.60. The van der Waals surface area contributed by atoms with Gasteiger partial charge in [-0.1, -0.05) is 0 Å². The first-order chi connectivity index (χ1) is 11.7. The van der Waals surface area contributed by atoms with Crippen molar-refractivity contribution in [3.63, 3.8) is 0 Å². The van der Waals surface area contributed by atoms with Crippen molar-refractivity contribution in [2.45, 2.75) is 52.2 Å². The fraction of sp³-hybridized carbons (Fsp3) is 0.526. The maximum absolute atomic E-state index is 14.4. The molecule has 2 aromatic rings. The number of ether oxygens (including phenoxy) is 1. The van der Waals surface area contributed by atoms with E-state index in [1.54, 1.807) is 11.0 Å². The monoisotopic (exact) mass is 410 g/mol. The molecule has 0 aliphatic carbocycles. The molecule has 0 unspecified atom stereocenters. The van der Waals surface area contributed by atoms with Gasteiger partial charge in [-0.25, -0.2) is 9.18 Å². The number of benzene rings is 1. The Hall–Kier alpha value is -1.56. The van der Waals surface area contributed by atoms with Crippen LogP contribution in [0.4, 0.5) is 9.18 Å². The van der Waals surface area contributed by atoms with E-state index in [1.165, 1.54) is 0 Å². The molecular weight excluding hydrogens is 387 g/mol. The molecule has 0 atom stereocenters. The topological polar surface area (TPSA) is 34.5 Å². The van der Waals surface area contributed by atoms with Gasteiger partial charge in [0.1, 0.15) is 11.4 Å². The van der Waals surface area contributed by atoms with Crippen molar-refractivity contribution in [2.75, 3.05) is 13.1 Å². The number of nitrogens with zero attached hydrogens (tertiary/aromatic N) is 2. The molecule has 1 saturated heterocycles. The Bertz CT molecular complexity index is 802. The molecule has 0 radical (unpaired) electrons. The van der Waals surface area contributed by atoms with Gasteiger partial charge in [0.15, 0.2) is 0 Å². The minimum Gasteiger partial charge on any atom is -0.444 e. The molecule has 0 saturated carbocycles. The third-order valence-electron chi connectivity index (χ3n) is 4.59. The molecule has 1 amide bonds. The van der Waals surface area contributed by atoms with E-state index in [2.05, 4.69) is 20.5 Å². The maximum atomic E-state index is 14.4. The van der Waals surface area contributed by atoms with Crippen LogP contribution < -0.4 is 0 Å². The molecule has 1 fully saturated rings. The number of amides is 1. The molecule has 4 nitrogen and oxygen atoms in total. The predicted molar refractivity (Wildman–Crippen MR) is 100 cm³/mol. The van der Waals surface area contributed by atoms with Crippen LogP contribution in [-0.4, -0.2) is 34.3 Å². The summed E-state index contributed by atoms with van der Waals surface area (Å²) in [5.74, 6) is -0.208. The van der Waals surface area contributed by atoms with Crippen LogP contribution in [0, 0.1) is 12.7 Å². The summed E-state index contributed by atoms with van der Waals surface area (Å²) in [4.78, 5) is 14.0. The number of piperidine rings is 1. The lowest BCUT2D eigenvalue weighted by Gasteiger charge is -2.34. The number of likely N-dealkylation sites (tertiary alicyclic amines) is 1. The summed E-state index contributed by atoms with van der Waals surface area (Å²) in [7, 11) is 0. The zero-order valence-corrected chi connectivity index (χ0v) is 16.7. The quantitative estimate of drug-likeness (QED) is 0.628. The van der Waals surface area contributed by atoms with Crippen LogP contribution in [0.1, 0.15) is 45.2 Å². The van der Waals surface area contributed by atoms with E-state index >= 15 is 0 Å². The van der Waals surface area contributed by atoms with Crippen molar-refractivity contribution >= 4 is 32.9 Å². The van der Waals surface area contributed by atoms with Crippen LogP contribution in [0.3, 0.4) is 0 Å². The zero-order chi connectivity index (χ0) is 18.4. The second-order valence-electron chi connectivity index (χ2n) is 7.67. The highest BCUT2D eigenvalue weighted by molar-refractivity contribution is 9.10. The lowest BCUT2D eigenvalue weighted by molar-refractivity contribution is 0.0189. The molecule has 0 spiro atoms. The fourth-order valence-corrected chi connectivity index (χ4v) is 3.76. The van der Waals surface area contributed by atoms with Gasteiger partial charge in [0.05, 0.1) is 9.99 Å². The smallest absolute Gasteiger partial charge is 0.410 e. The van der Waals surface area contributed by atoms with E-state index in [0.717, 1.165) is 23.9 Å². The van der Waals surface area contributed by atoms with Gasteiger partial charge in [-0.15, -0.1) is 0 Å². The van der Waals surface area contributed by atoms with E-state index in [1.807, 2.05) is 40.0 Å². The van der Waals surface area contributed by atoms with Crippen molar-refractivity contribution in [3.8, 4) is 0 Å². The predicted octanol–water partition coefficient (Wildman–Crippen LogP) is 5.42. The van der Waals surface area contributed by atoms with Gasteiger partial charge < -0.3 is 14.2 Å².